The number of ether oxygens (including phenoxy) is 1. The zero-order valence-corrected chi connectivity index (χ0v) is 20.4. The molecular formula is C28H28N4O4. The molecule has 0 radical (unpaired) electrons. The van der Waals surface area contributed by atoms with Gasteiger partial charge in [0, 0.05) is 35.5 Å². The first kappa shape index (κ1) is 24.7. The second-order valence-electron chi connectivity index (χ2n) is 9.38. The third-order valence-electron chi connectivity index (χ3n) is 5.35. The summed E-state index contributed by atoms with van der Waals surface area (Å²) in [7, 11) is 0. The number of nitrogens with one attached hydrogen (secondary N) is 2. The maximum atomic E-state index is 12.0. The van der Waals surface area contributed by atoms with Gasteiger partial charge in [-0.15, -0.1) is 0 Å². The molecule has 184 valence electrons. The number of amides is 1. The van der Waals surface area contributed by atoms with Crippen LogP contribution in [0, 0.1) is 0 Å². The van der Waals surface area contributed by atoms with E-state index in [2.05, 4.69) is 15.6 Å². The summed E-state index contributed by atoms with van der Waals surface area (Å²) < 4.78 is 5.18. The van der Waals surface area contributed by atoms with Crippen molar-refractivity contribution in [1.82, 2.24) is 15.3 Å². The van der Waals surface area contributed by atoms with Gasteiger partial charge in [0.1, 0.15) is 17.5 Å². The van der Waals surface area contributed by atoms with Crippen LogP contribution in [0.25, 0.3) is 22.0 Å². The smallest absolute Gasteiger partial charge is 0.408 e. The van der Waals surface area contributed by atoms with Crippen LogP contribution in [0.1, 0.15) is 26.3 Å². The fraction of sp³-hybridized carbons (Fsp3) is 0.214. The maximum absolute atomic E-state index is 12.0. The van der Waals surface area contributed by atoms with Gasteiger partial charge in [0.05, 0.1) is 5.69 Å². The van der Waals surface area contributed by atoms with Gasteiger partial charge in [-0.2, -0.15) is 0 Å². The van der Waals surface area contributed by atoms with Gasteiger partial charge in [-0.25, -0.2) is 14.6 Å². The lowest BCUT2D eigenvalue weighted by Crippen LogP contribution is -2.44. The molecule has 1 atom stereocenters. The first-order valence-corrected chi connectivity index (χ1v) is 11.6. The van der Waals surface area contributed by atoms with Crippen LogP contribution in [0.4, 0.5) is 16.3 Å². The maximum Gasteiger partial charge on any atom is 0.408 e. The van der Waals surface area contributed by atoms with Gasteiger partial charge in [-0.05, 0) is 56.0 Å². The zero-order valence-electron chi connectivity index (χ0n) is 20.4. The van der Waals surface area contributed by atoms with Crippen LogP contribution in [-0.4, -0.2) is 38.8 Å². The Bertz CT molecular complexity index is 1370. The van der Waals surface area contributed by atoms with Crippen molar-refractivity contribution in [2.24, 2.45) is 0 Å². The number of alkyl carbamates (subject to hydrolysis) is 1. The number of anilines is 2. The largest absolute Gasteiger partial charge is 0.480 e. The summed E-state index contributed by atoms with van der Waals surface area (Å²) in [6.07, 6.45) is 2.87. The average Bonchev–Trinajstić information content (AvgIpc) is 2.84. The standard InChI is InChI=1S/C28H28N4O4/c1-28(2,3)36-27(35)32-24(26(33)34)15-18-9-11-21(12-10-18)30-25-22-17-29-14-13-20(22)16-23(31-25)19-7-5-4-6-8-19/h4-14,16-17,24H,15H2,1-3H3,(H,30,31)(H,32,35)(H,33,34). The van der Waals surface area contributed by atoms with Crippen molar-refractivity contribution in [3.63, 3.8) is 0 Å². The highest BCUT2D eigenvalue weighted by Crippen LogP contribution is 2.29. The number of carbonyl (C=O) groups excluding carboxylic acids is 1. The average molecular weight is 485 g/mol. The minimum atomic E-state index is -1.14. The Labute approximate surface area is 209 Å². The van der Waals surface area contributed by atoms with Gasteiger partial charge in [-0.1, -0.05) is 42.5 Å². The first-order valence-electron chi connectivity index (χ1n) is 11.6. The quantitative estimate of drug-likeness (QED) is 0.315. The summed E-state index contributed by atoms with van der Waals surface area (Å²) in [5, 5.41) is 17.2. The monoisotopic (exact) mass is 484 g/mol. The molecule has 2 aromatic heterocycles. The minimum absolute atomic E-state index is 0.115. The number of aromatic nitrogens is 2. The molecule has 0 aliphatic carbocycles. The number of carboxylic acids is 1. The normalized spacial score (nSPS) is 12.1. The van der Waals surface area contributed by atoms with E-state index in [9.17, 15) is 14.7 Å². The van der Waals surface area contributed by atoms with E-state index in [1.165, 1.54) is 0 Å². The second kappa shape index (κ2) is 10.4. The summed E-state index contributed by atoms with van der Waals surface area (Å²) in [4.78, 5) is 32.8. The number of fused-ring (bicyclic) bond motifs is 1. The number of pyridine rings is 2. The van der Waals surface area contributed by atoms with Crippen LogP contribution in [0.2, 0.25) is 0 Å². The lowest BCUT2D eigenvalue weighted by atomic mass is 10.1. The van der Waals surface area contributed by atoms with E-state index in [-0.39, 0.29) is 6.42 Å². The highest BCUT2D eigenvalue weighted by Gasteiger charge is 2.24. The van der Waals surface area contributed by atoms with Crippen molar-refractivity contribution in [2.45, 2.75) is 38.8 Å². The number of nitrogens with zero attached hydrogens (tertiary/aromatic N) is 2. The fourth-order valence-corrected chi connectivity index (χ4v) is 3.69. The predicted molar refractivity (Wildman–Crippen MR) is 139 cm³/mol. The van der Waals surface area contributed by atoms with Crippen LogP contribution >= 0.6 is 0 Å². The molecule has 0 saturated carbocycles. The van der Waals surface area contributed by atoms with Gasteiger partial charge in [-0.3, -0.25) is 4.98 Å². The molecule has 8 nitrogen and oxygen atoms in total. The Kier molecular flexibility index (Phi) is 7.15. The lowest BCUT2D eigenvalue weighted by molar-refractivity contribution is -0.139. The minimum Gasteiger partial charge on any atom is -0.480 e. The van der Waals surface area contributed by atoms with Gasteiger partial charge in [0.2, 0.25) is 0 Å². The molecule has 2 heterocycles. The molecule has 0 aliphatic heterocycles. The third kappa shape index (κ3) is 6.35. The van der Waals surface area contributed by atoms with Crippen LogP contribution < -0.4 is 10.6 Å². The number of aliphatic carboxylic acids is 1. The molecule has 0 fully saturated rings. The van der Waals surface area contributed by atoms with E-state index < -0.39 is 23.7 Å². The Morgan fingerprint density at radius 1 is 1.03 bits per heavy atom. The van der Waals surface area contributed by atoms with E-state index in [1.54, 1.807) is 33.2 Å². The molecule has 4 aromatic rings. The van der Waals surface area contributed by atoms with E-state index >= 15 is 0 Å². The van der Waals surface area contributed by atoms with Crippen LogP contribution in [0.3, 0.4) is 0 Å². The van der Waals surface area contributed by atoms with Crippen LogP contribution in [-0.2, 0) is 16.0 Å². The molecule has 36 heavy (non-hydrogen) atoms. The second-order valence-corrected chi connectivity index (χ2v) is 9.38. The number of carbonyl (C=O) groups is 2. The first-order chi connectivity index (χ1) is 17.2. The van der Waals surface area contributed by atoms with Crippen molar-refractivity contribution in [2.75, 3.05) is 5.32 Å². The Balaban J connectivity index is 1.53. The van der Waals surface area contributed by atoms with E-state index in [0.717, 1.165) is 33.3 Å². The Morgan fingerprint density at radius 3 is 2.42 bits per heavy atom. The Morgan fingerprint density at radius 2 is 1.75 bits per heavy atom. The Hall–Kier alpha value is -4.46. The van der Waals surface area contributed by atoms with Crippen LogP contribution in [0.5, 0.6) is 0 Å². The van der Waals surface area contributed by atoms with Crippen LogP contribution in [0.15, 0.2) is 79.1 Å². The number of hydrogen-bond donors (Lipinski definition) is 3. The topological polar surface area (TPSA) is 113 Å². The van der Waals surface area contributed by atoms with Gasteiger partial charge in [0.15, 0.2) is 0 Å². The molecular weight excluding hydrogens is 456 g/mol. The molecule has 8 heteroatoms. The summed E-state index contributed by atoms with van der Waals surface area (Å²) in [5.41, 5.74) is 2.67. The summed E-state index contributed by atoms with van der Waals surface area (Å²) >= 11 is 0. The fourth-order valence-electron chi connectivity index (χ4n) is 3.69. The summed E-state index contributed by atoms with van der Waals surface area (Å²) in [5.74, 6) is -0.467. The van der Waals surface area contributed by atoms with Crippen molar-refractivity contribution in [3.8, 4) is 11.3 Å². The zero-order chi connectivity index (χ0) is 25.7. The van der Waals surface area contributed by atoms with E-state index in [0.29, 0.717) is 5.82 Å². The number of benzene rings is 2. The molecule has 0 spiro atoms. The van der Waals surface area contributed by atoms with Crippen molar-refractivity contribution < 1.29 is 19.4 Å². The highest BCUT2D eigenvalue weighted by atomic mass is 16.6. The molecule has 0 bridgehead atoms. The summed E-state index contributed by atoms with van der Waals surface area (Å²) in [6.45, 7) is 5.16. The van der Waals surface area contributed by atoms with Crippen molar-refractivity contribution in [3.05, 3.63) is 84.7 Å². The number of rotatable bonds is 7. The molecule has 3 N–H and O–H groups in total. The number of hydrogen-bond acceptors (Lipinski definition) is 6. The molecule has 2 aromatic carbocycles. The third-order valence-corrected chi connectivity index (χ3v) is 5.35. The van der Waals surface area contributed by atoms with Crippen molar-refractivity contribution >= 4 is 34.3 Å². The number of carboxylic acid groups (broad SMARTS) is 1. The highest BCUT2D eigenvalue weighted by molar-refractivity contribution is 5.95. The molecule has 0 saturated heterocycles. The molecule has 0 aliphatic rings. The van der Waals surface area contributed by atoms with Crippen molar-refractivity contribution in [1.29, 1.82) is 0 Å². The molecule has 1 amide bonds. The summed E-state index contributed by atoms with van der Waals surface area (Å²) in [6, 6.07) is 20.1. The van der Waals surface area contributed by atoms with Gasteiger partial charge >= 0.3 is 12.1 Å². The van der Waals surface area contributed by atoms with Gasteiger partial charge < -0.3 is 20.5 Å². The predicted octanol–water partition coefficient (Wildman–Crippen LogP) is 5.56. The van der Waals surface area contributed by atoms with Gasteiger partial charge in [0.25, 0.3) is 0 Å². The molecule has 1 unspecified atom stereocenters. The SMILES string of the molecule is CC(C)(C)OC(=O)NC(Cc1ccc(Nc2nc(-c3ccccc3)cc3ccncc23)cc1)C(=O)O. The molecule has 4 rings (SSSR count). The van der Waals surface area contributed by atoms with E-state index in [4.69, 9.17) is 9.72 Å². The lowest BCUT2D eigenvalue weighted by Gasteiger charge is -2.22. The van der Waals surface area contributed by atoms with E-state index in [1.807, 2.05) is 66.7 Å².